The number of rotatable bonds is 0. The van der Waals surface area contributed by atoms with E-state index in [1.807, 2.05) is 6.92 Å². The van der Waals surface area contributed by atoms with Gasteiger partial charge in [-0.05, 0) is 13.8 Å². The third kappa shape index (κ3) is 1.30. The van der Waals surface area contributed by atoms with Crippen molar-refractivity contribution in [2.45, 2.75) is 19.9 Å². The second-order valence-electron chi connectivity index (χ2n) is 3.91. The smallest absolute Gasteiger partial charge is 0.260 e. The zero-order valence-electron chi connectivity index (χ0n) is 9.68. The van der Waals surface area contributed by atoms with Crippen LogP contribution in [0.2, 0.25) is 0 Å². The van der Waals surface area contributed by atoms with Crippen molar-refractivity contribution in [3.8, 4) is 0 Å². The summed E-state index contributed by atoms with van der Waals surface area (Å²) in [4.78, 5) is 33.1. The van der Waals surface area contributed by atoms with E-state index in [-0.39, 0.29) is 11.9 Å². The topological polar surface area (TPSA) is 65.1 Å². The maximum atomic E-state index is 11.8. The molecule has 1 atom stereocenters. The highest BCUT2D eigenvalue weighted by Gasteiger charge is 2.45. The Bertz CT molecular complexity index is 487. The average Bonchev–Trinajstić information content (AvgIpc) is 2.26. The predicted octanol–water partition coefficient (Wildman–Crippen LogP) is -0.0768. The van der Waals surface area contributed by atoms with Crippen molar-refractivity contribution < 1.29 is 14.2 Å². The Morgan fingerprint density at radius 2 is 1.88 bits per heavy atom. The van der Waals surface area contributed by atoms with E-state index in [0.717, 1.165) is 16.3 Å². The highest BCUT2D eigenvalue weighted by Crippen LogP contribution is 2.14. The maximum absolute atomic E-state index is 11.8. The van der Waals surface area contributed by atoms with E-state index in [2.05, 4.69) is 9.98 Å². The van der Waals surface area contributed by atoms with Gasteiger partial charge >= 0.3 is 11.9 Å². The Balaban J connectivity index is 2.61. The summed E-state index contributed by atoms with van der Waals surface area (Å²) in [6.45, 7) is 3.61. The summed E-state index contributed by atoms with van der Waals surface area (Å²) in [6, 6.07) is -1.04. The average molecular weight is 221 g/mol. The predicted molar refractivity (Wildman–Crippen MR) is 59.4 cm³/mol. The van der Waals surface area contributed by atoms with Gasteiger partial charge in [0.15, 0.2) is 0 Å². The number of likely N-dealkylation sites (N-methyl/N-ethyl adjacent to an activating group) is 1. The minimum atomic E-state index is -0.670. The first kappa shape index (κ1) is 10.7. The summed E-state index contributed by atoms with van der Waals surface area (Å²) < 4.78 is 1.37. The van der Waals surface area contributed by atoms with Crippen LogP contribution in [0, 0.1) is 0 Å². The monoisotopic (exact) mass is 221 g/mol. The second kappa shape index (κ2) is 3.33. The molecule has 0 saturated heterocycles. The van der Waals surface area contributed by atoms with Gasteiger partial charge in [0.25, 0.3) is 5.84 Å². The lowest BCUT2D eigenvalue weighted by molar-refractivity contribution is -0.406. The molecule has 0 aromatic heterocycles. The fourth-order valence-electron chi connectivity index (χ4n) is 1.68. The molecule has 0 fully saturated rings. The Kier molecular flexibility index (Phi) is 2.22. The number of amidine groups is 1. The Morgan fingerprint density at radius 3 is 2.50 bits per heavy atom. The molecule has 2 aliphatic rings. The number of carbonyl (C=O) groups is 2. The van der Waals surface area contributed by atoms with Crippen LogP contribution < -0.4 is 0 Å². The van der Waals surface area contributed by atoms with E-state index in [0.29, 0.717) is 5.84 Å². The van der Waals surface area contributed by atoms with Gasteiger partial charge in [0.2, 0.25) is 6.04 Å². The fraction of sp³-hybridized carbons (Fsp3) is 0.500. The molecule has 6 heteroatoms. The van der Waals surface area contributed by atoms with E-state index in [4.69, 9.17) is 0 Å². The molecule has 0 spiro atoms. The molecule has 16 heavy (non-hydrogen) atoms. The van der Waals surface area contributed by atoms with Gasteiger partial charge in [-0.3, -0.25) is 9.79 Å². The van der Waals surface area contributed by atoms with E-state index >= 15 is 0 Å². The molecule has 0 aromatic carbocycles. The number of aliphatic imine (C=N–C) groups is 2. The van der Waals surface area contributed by atoms with Crippen LogP contribution in [0.15, 0.2) is 9.98 Å². The van der Waals surface area contributed by atoms with Crippen LogP contribution in [0.4, 0.5) is 4.79 Å². The van der Waals surface area contributed by atoms with Gasteiger partial charge in [0, 0.05) is 0 Å². The Hall–Kier alpha value is -1.85. The molecule has 0 N–H and O–H groups in total. The largest absolute Gasteiger partial charge is 0.445 e. The summed E-state index contributed by atoms with van der Waals surface area (Å²) >= 11 is 0. The number of carbonyl (C=O) groups excluding carboxylic acids is 2. The first-order chi connectivity index (χ1) is 7.43. The Morgan fingerprint density at radius 1 is 1.25 bits per heavy atom. The quantitative estimate of drug-likeness (QED) is 0.537. The number of imide groups is 1. The molecule has 3 amide bonds. The lowest BCUT2D eigenvalue weighted by Crippen LogP contribution is -2.55. The summed E-state index contributed by atoms with van der Waals surface area (Å²) in [5.41, 5.74) is 1.47. The SMILES string of the molecule is CC1=NC2=[N+](C)C(=O)N(C)C(=O)C2N=C1C. The first-order valence-corrected chi connectivity index (χ1v) is 4.95. The fourth-order valence-corrected chi connectivity index (χ4v) is 1.68. The highest BCUT2D eigenvalue weighted by atomic mass is 16.2. The third-order valence-electron chi connectivity index (χ3n) is 2.86. The zero-order chi connectivity index (χ0) is 12.0. The number of nitrogens with zero attached hydrogens (tertiary/aromatic N) is 4. The second-order valence-corrected chi connectivity index (χ2v) is 3.91. The van der Waals surface area contributed by atoms with Crippen LogP contribution in [-0.4, -0.2) is 58.8 Å². The van der Waals surface area contributed by atoms with Gasteiger partial charge in [0.05, 0.1) is 19.8 Å². The van der Waals surface area contributed by atoms with E-state index < -0.39 is 6.04 Å². The van der Waals surface area contributed by atoms with Crippen LogP contribution in [0.3, 0.4) is 0 Å². The van der Waals surface area contributed by atoms with Gasteiger partial charge in [-0.15, -0.1) is 4.99 Å². The molecule has 0 aliphatic carbocycles. The van der Waals surface area contributed by atoms with Crippen molar-refractivity contribution in [1.82, 2.24) is 4.90 Å². The molecule has 2 rings (SSSR count). The standard InChI is InChI=1S/C10H13N4O2/c1-5-6(2)12-8-7(11-5)9(15)14(4)10(16)13(8)3/h7H,1-4H3/q+1. The third-order valence-corrected chi connectivity index (χ3v) is 2.86. The number of hydrogen-bond acceptors (Lipinski definition) is 4. The van der Waals surface area contributed by atoms with Gasteiger partial charge in [-0.2, -0.15) is 9.48 Å². The summed E-state index contributed by atoms with van der Waals surface area (Å²) in [5, 5.41) is 0. The molecule has 0 radical (unpaired) electrons. The lowest BCUT2D eigenvalue weighted by Gasteiger charge is -2.23. The van der Waals surface area contributed by atoms with E-state index in [1.165, 1.54) is 11.6 Å². The van der Waals surface area contributed by atoms with Crippen LogP contribution in [0.1, 0.15) is 13.8 Å². The molecule has 2 aliphatic heterocycles. The number of urea groups is 1. The van der Waals surface area contributed by atoms with Gasteiger partial charge < -0.3 is 0 Å². The van der Waals surface area contributed by atoms with Crippen LogP contribution in [0.25, 0.3) is 0 Å². The number of hydrogen-bond donors (Lipinski definition) is 0. The van der Waals surface area contributed by atoms with E-state index in [1.54, 1.807) is 14.0 Å². The zero-order valence-corrected chi connectivity index (χ0v) is 9.68. The molecule has 0 bridgehead atoms. The van der Waals surface area contributed by atoms with Crippen molar-refractivity contribution >= 4 is 29.2 Å². The molecular weight excluding hydrogens is 208 g/mol. The summed E-state index contributed by atoms with van der Waals surface area (Å²) in [7, 11) is 3.05. The molecule has 0 saturated carbocycles. The first-order valence-electron chi connectivity index (χ1n) is 4.95. The molecule has 0 aromatic rings. The van der Waals surface area contributed by atoms with Crippen LogP contribution in [-0.2, 0) is 4.79 Å². The molecule has 6 nitrogen and oxygen atoms in total. The maximum Gasteiger partial charge on any atom is 0.445 e. The minimum Gasteiger partial charge on any atom is -0.260 e. The van der Waals surface area contributed by atoms with E-state index in [9.17, 15) is 9.59 Å². The van der Waals surface area contributed by atoms with Crippen molar-refractivity contribution in [1.29, 1.82) is 0 Å². The van der Waals surface area contributed by atoms with Gasteiger partial charge in [0.1, 0.15) is 5.71 Å². The molecule has 1 unspecified atom stereocenters. The van der Waals surface area contributed by atoms with Crippen LogP contribution in [0.5, 0.6) is 0 Å². The molecule has 84 valence electrons. The Labute approximate surface area is 93.0 Å². The number of amides is 3. The van der Waals surface area contributed by atoms with Crippen molar-refractivity contribution in [3.63, 3.8) is 0 Å². The van der Waals surface area contributed by atoms with Crippen molar-refractivity contribution in [2.75, 3.05) is 14.1 Å². The summed E-state index contributed by atoms with van der Waals surface area (Å²) in [6.07, 6.45) is 0. The normalized spacial score (nSPS) is 25.5. The van der Waals surface area contributed by atoms with Gasteiger partial charge in [-0.25, -0.2) is 4.79 Å². The van der Waals surface area contributed by atoms with Crippen molar-refractivity contribution in [2.24, 2.45) is 9.98 Å². The minimum absolute atomic E-state index is 0.325. The summed E-state index contributed by atoms with van der Waals surface area (Å²) in [5.74, 6) is 0.0879. The van der Waals surface area contributed by atoms with Gasteiger partial charge in [-0.1, -0.05) is 0 Å². The van der Waals surface area contributed by atoms with Crippen LogP contribution >= 0.6 is 0 Å². The lowest BCUT2D eigenvalue weighted by atomic mass is 10.1. The molecular formula is C10H13N4O2+. The van der Waals surface area contributed by atoms with Crippen molar-refractivity contribution in [3.05, 3.63) is 0 Å². The highest BCUT2D eigenvalue weighted by molar-refractivity contribution is 6.44. The molecule has 2 heterocycles. The number of fused-ring (bicyclic) bond motifs is 1.